The van der Waals surface area contributed by atoms with E-state index in [1.165, 1.54) is 23.2 Å². The van der Waals surface area contributed by atoms with Crippen LogP contribution in [0.1, 0.15) is 37.3 Å². The molecule has 2 aliphatic rings. The van der Waals surface area contributed by atoms with Crippen LogP contribution in [0.25, 0.3) is 10.9 Å². The number of rotatable bonds is 4. The van der Waals surface area contributed by atoms with Gasteiger partial charge in [-0.3, -0.25) is 4.79 Å². The lowest BCUT2D eigenvalue weighted by Crippen LogP contribution is -2.44. The van der Waals surface area contributed by atoms with Crippen LogP contribution in [0.3, 0.4) is 0 Å². The largest absolute Gasteiger partial charge is 0.369 e. The number of fused-ring (bicyclic) bond motifs is 1. The summed E-state index contributed by atoms with van der Waals surface area (Å²) in [6.07, 6.45) is 6.23. The molecule has 0 spiro atoms. The molecule has 0 bridgehead atoms. The summed E-state index contributed by atoms with van der Waals surface area (Å²) in [6, 6.07) is 8.38. The van der Waals surface area contributed by atoms with E-state index in [1.54, 1.807) is 13.2 Å². The maximum absolute atomic E-state index is 12.6. The quantitative estimate of drug-likeness (QED) is 0.697. The number of hydrogen-bond acceptors (Lipinski definition) is 7. The third kappa shape index (κ3) is 3.99. The molecular formula is C23H29N7O. The van der Waals surface area contributed by atoms with Crippen LogP contribution in [0.4, 0.5) is 17.3 Å². The maximum Gasteiger partial charge on any atom is 0.277 e. The van der Waals surface area contributed by atoms with Gasteiger partial charge in [-0.05, 0) is 44.2 Å². The van der Waals surface area contributed by atoms with Crippen LogP contribution < -0.4 is 15.8 Å². The summed E-state index contributed by atoms with van der Waals surface area (Å²) >= 11 is 0. The van der Waals surface area contributed by atoms with Crippen LogP contribution in [0, 0.1) is 0 Å². The maximum atomic E-state index is 12.6. The van der Waals surface area contributed by atoms with Crippen molar-refractivity contribution in [3.05, 3.63) is 46.5 Å². The molecule has 1 aliphatic heterocycles. The van der Waals surface area contributed by atoms with Crippen molar-refractivity contribution in [2.75, 3.05) is 43.4 Å². The fourth-order valence-corrected chi connectivity index (χ4v) is 4.65. The van der Waals surface area contributed by atoms with Crippen LogP contribution >= 0.6 is 0 Å². The Morgan fingerprint density at radius 1 is 1.00 bits per heavy atom. The summed E-state index contributed by atoms with van der Waals surface area (Å²) in [4.78, 5) is 26.5. The first-order valence-electron chi connectivity index (χ1n) is 11.1. The average molecular weight is 420 g/mol. The molecule has 8 nitrogen and oxygen atoms in total. The van der Waals surface area contributed by atoms with Gasteiger partial charge >= 0.3 is 0 Å². The van der Waals surface area contributed by atoms with E-state index in [0.29, 0.717) is 22.8 Å². The Bertz CT molecular complexity index is 1130. The fraction of sp³-hybridized carbons (Fsp3) is 0.478. The van der Waals surface area contributed by atoms with Gasteiger partial charge in [0, 0.05) is 56.7 Å². The van der Waals surface area contributed by atoms with E-state index >= 15 is 0 Å². The van der Waals surface area contributed by atoms with E-state index in [1.807, 2.05) is 0 Å². The fourth-order valence-electron chi connectivity index (χ4n) is 4.65. The van der Waals surface area contributed by atoms with Crippen molar-refractivity contribution in [1.29, 1.82) is 0 Å². The third-order valence-electron chi connectivity index (χ3n) is 6.55. The lowest BCUT2D eigenvalue weighted by molar-refractivity contribution is 0.313. The van der Waals surface area contributed by atoms with Gasteiger partial charge < -0.3 is 15.1 Å². The van der Waals surface area contributed by atoms with Crippen molar-refractivity contribution in [2.24, 2.45) is 7.05 Å². The molecule has 1 aromatic carbocycles. The normalized spacial score (nSPS) is 18.1. The highest BCUT2D eigenvalue weighted by Crippen LogP contribution is 2.35. The van der Waals surface area contributed by atoms with Gasteiger partial charge in [0.1, 0.15) is 5.52 Å². The number of aromatic nitrogens is 4. The number of hydrogen-bond donors (Lipinski definition) is 1. The molecule has 31 heavy (non-hydrogen) atoms. The van der Waals surface area contributed by atoms with Crippen LogP contribution in [-0.2, 0) is 7.05 Å². The Kier molecular flexibility index (Phi) is 5.31. The SMILES string of the molecule is CN1CCN(c2ccc(Nc3ncc4c(=O)n(C)nc(C5CCCC5)c4n3)cc2)CC1. The van der Waals surface area contributed by atoms with Crippen molar-refractivity contribution in [1.82, 2.24) is 24.6 Å². The molecule has 162 valence electrons. The second-order valence-corrected chi connectivity index (χ2v) is 8.71. The molecule has 1 saturated carbocycles. The van der Waals surface area contributed by atoms with E-state index in [4.69, 9.17) is 4.98 Å². The Morgan fingerprint density at radius 3 is 2.42 bits per heavy atom. The number of nitrogens with one attached hydrogen (secondary N) is 1. The molecule has 3 aromatic rings. The predicted molar refractivity (Wildman–Crippen MR) is 123 cm³/mol. The van der Waals surface area contributed by atoms with Gasteiger partial charge in [-0.2, -0.15) is 5.10 Å². The Morgan fingerprint density at radius 2 is 1.71 bits per heavy atom. The van der Waals surface area contributed by atoms with Gasteiger partial charge in [0.2, 0.25) is 5.95 Å². The molecule has 0 amide bonds. The van der Waals surface area contributed by atoms with Crippen molar-refractivity contribution < 1.29 is 0 Å². The summed E-state index contributed by atoms with van der Waals surface area (Å²) in [5.41, 5.74) is 3.61. The second kappa shape index (κ2) is 8.26. The molecule has 1 N–H and O–H groups in total. The molecular weight excluding hydrogens is 390 g/mol. The molecule has 8 heteroatoms. The van der Waals surface area contributed by atoms with Crippen LogP contribution in [-0.4, -0.2) is 57.9 Å². The monoisotopic (exact) mass is 419 g/mol. The topological polar surface area (TPSA) is 79.2 Å². The summed E-state index contributed by atoms with van der Waals surface area (Å²) < 4.78 is 1.42. The molecule has 3 heterocycles. The molecule has 0 unspecified atom stereocenters. The molecule has 5 rings (SSSR count). The molecule has 2 fully saturated rings. The lowest BCUT2D eigenvalue weighted by Gasteiger charge is -2.34. The highest BCUT2D eigenvalue weighted by Gasteiger charge is 2.24. The van der Waals surface area contributed by atoms with E-state index < -0.39 is 0 Å². The van der Waals surface area contributed by atoms with Crippen molar-refractivity contribution in [3.8, 4) is 0 Å². The Hall–Kier alpha value is -3.00. The van der Waals surface area contributed by atoms with Crippen molar-refractivity contribution in [3.63, 3.8) is 0 Å². The van der Waals surface area contributed by atoms with Gasteiger partial charge in [0.05, 0.1) is 11.1 Å². The van der Waals surface area contributed by atoms with Gasteiger partial charge in [-0.15, -0.1) is 0 Å². The number of nitrogens with zero attached hydrogens (tertiary/aromatic N) is 6. The highest BCUT2D eigenvalue weighted by atomic mass is 16.1. The minimum absolute atomic E-state index is 0.153. The first kappa shape index (κ1) is 19.9. The van der Waals surface area contributed by atoms with Gasteiger partial charge in [0.25, 0.3) is 5.56 Å². The van der Waals surface area contributed by atoms with E-state index in [2.05, 4.69) is 56.5 Å². The molecule has 0 atom stereocenters. The van der Waals surface area contributed by atoms with Crippen LogP contribution in [0.2, 0.25) is 0 Å². The summed E-state index contributed by atoms with van der Waals surface area (Å²) in [5.74, 6) is 0.856. The number of anilines is 3. The minimum atomic E-state index is -0.153. The number of benzene rings is 1. The lowest BCUT2D eigenvalue weighted by atomic mass is 10.0. The summed E-state index contributed by atoms with van der Waals surface area (Å²) in [7, 11) is 3.87. The van der Waals surface area contributed by atoms with E-state index in [0.717, 1.165) is 50.4 Å². The number of likely N-dealkylation sites (N-methyl/N-ethyl adjacent to an activating group) is 1. The smallest absolute Gasteiger partial charge is 0.277 e. The number of piperazine rings is 1. The predicted octanol–water partition coefficient (Wildman–Crippen LogP) is 2.88. The molecule has 1 aliphatic carbocycles. The Balaban J connectivity index is 1.41. The zero-order valence-electron chi connectivity index (χ0n) is 18.2. The van der Waals surface area contributed by atoms with Gasteiger partial charge in [-0.1, -0.05) is 12.8 Å². The van der Waals surface area contributed by atoms with Crippen molar-refractivity contribution >= 4 is 28.2 Å². The van der Waals surface area contributed by atoms with E-state index in [-0.39, 0.29) is 5.56 Å². The zero-order valence-corrected chi connectivity index (χ0v) is 18.2. The first-order chi connectivity index (χ1) is 15.1. The van der Waals surface area contributed by atoms with Gasteiger partial charge in [0.15, 0.2) is 0 Å². The molecule has 0 radical (unpaired) electrons. The van der Waals surface area contributed by atoms with Crippen molar-refractivity contribution in [2.45, 2.75) is 31.6 Å². The standard InChI is InChI=1S/C23H29N7O/c1-28-11-13-30(14-12-28)18-9-7-17(8-10-18)25-23-24-15-19-21(26-23)20(16-5-3-4-6-16)27-29(2)22(19)31/h7-10,15-16H,3-6,11-14H2,1-2H3,(H,24,25,26). The van der Waals surface area contributed by atoms with Crippen LogP contribution in [0.15, 0.2) is 35.3 Å². The average Bonchev–Trinajstić information content (AvgIpc) is 3.32. The highest BCUT2D eigenvalue weighted by molar-refractivity contribution is 5.80. The molecule has 2 aromatic heterocycles. The number of aryl methyl sites for hydroxylation is 1. The summed E-state index contributed by atoms with van der Waals surface area (Å²) in [6.45, 7) is 4.26. The molecule has 1 saturated heterocycles. The summed E-state index contributed by atoms with van der Waals surface area (Å²) in [5, 5.41) is 8.41. The third-order valence-corrected chi connectivity index (χ3v) is 6.55. The first-order valence-corrected chi connectivity index (χ1v) is 11.1. The second-order valence-electron chi connectivity index (χ2n) is 8.71. The Labute approximate surface area is 181 Å². The van der Waals surface area contributed by atoms with Gasteiger partial charge in [-0.25, -0.2) is 14.6 Å². The minimum Gasteiger partial charge on any atom is -0.369 e. The zero-order chi connectivity index (χ0) is 21.4. The van der Waals surface area contributed by atoms with Crippen LogP contribution in [0.5, 0.6) is 0 Å². The van der Waals surface area contributed by atoms with E-state index in [9.17, 15) is 4.79 Å².